The molecule has 23 heavy (non-hydrogen) atoms. The Morgan fingerprint density at radius 3 is 2.52 bits per heavy atom. The molecule has 0 heterocycles. The largest absolute Gasteiger partial charge is 0.455 e. The Balaban J connectivity index is 2.25. The Labute approximate surface area is 137 Å². The lowest BCUT2D eigenvalue weighted by Crippen LogP contribution is -2.41. The molecule has 2 rings (SSSR count). The van der Waals surface area contributed by atoms with Gasteiger partial charge in [-0.3, -0.25) is 10.2 Å². The maximum Gasteiger partial charge on any atom is 0.270 e. The smallest absolute Gasteiger partial charge is 0.270 e. The third-order valence-electron chi connectivity index (χ3n) is 2.60. The van der Waals surface area contributed by atoms with E-state index in [0.29, 0.717) is 0 Å². The normalized spacial score (nSPS) is 11.1. The van der Waals surface area contributed by atoms with Crippen molar-refractivity contribution in [3.05, 3.63) is 58.9 Å². The van der Waals surface area contributed by atoms with Gasteiger partial charge in [-0.1, -0.05) is 23.7 Å². The molecule has 2 N–H and O–H groups in total. The minimum absolute atomic E-state index is 0.0365. The van der Waals surface area contributed by atoms with E-state index < -0.39 is 21.7 Å². The van der Waals surface area contributed by atoms with Gasteiger partial charge in [0.05, 0.1) is 16.8 Å². The highest BCUT2D eigenvalue weighted by Crippen LogP contribution is 2.31. The predicted molar refractivity (Wildman–Crippen MR) is 83.4 cm³/mol. The zero-order valence-electron chi connectivity index (χ0n) is 11.8. The van der Waals surface area contributed by atoms with Crippen LogP contribution in [0.1, 0.15) is 10.4 Å². The van der Waals surface area contributed by atoms with Crippen LogP contribution >= 0.6 is 11.6 Å². The number of amides is 1. The van der Waals surface area contributed by atoms with Crippen molar-refractivity contribution >= 4 is 27.5 Å². The van der Waals surface area contributed by atoms with Crippen molar-refractivity contribution in [3.63, 3.8) is 0 Å². The van der Waals surface area contributed by atoms with Gasteiger partial charge < -0.3 is 4.74 Å². The highest BCUT2D eigenvalue weighted by atomic mass is 35.5. The molecule has 0 saturated carbocycles. The molecular formula is C14H12ClFN2O4S. The van der Waals surface area contributed by atoms with E-state index in [4.69, 9.17) is 16.3 Å². The summed E-state index contributed by atoms with van der Waals surface area (Å²) in [6, 6.07) is 9.68. The summed E-state index contributed by atoms with van der Waals surface area (Å²) in [5.41, 5.74) is 2.11. The quantitative estimate of drug-likeness (QED) is 0.804. The second-order valence-corrected chi connectivity index (χ2v) is 6.66. The number of carbonyl (C=O) groups is 1. The molecule has 0 atom stereocenters. The van der Waals surface area contributed by atoms with Crippen LogP contribution in [0.15, 0.2) is 42.5 Å². The first-order valence-electron chi connectivity index (χ1n) is 6.25. The van der Waals surface area contributed by atoms with Crippen molar-refractivity contribution in [2.45, 2.75) is 0 Å². The number of sulfonamides is 1. The van der Waals surface area contributed by atoms with Crippen molar-refractivity contribution in [2.75, 3.05) is 6.26 Å². The summed E-state index contributed by atoms with van der Waals surface area (Å²) in [7, 11) is -3.60. The van der Waals surface area contributed by atoms with Gasteiger partial charge >= 0.3 is 0 Å². The van der Waals surface area contributed by atoms with Crippen LogP contribution in [0.3, 0.4) is 0 Å². The number of halogens is 2. The van der Waals surface area contributed by atoms with Gasteiger partial charge in [-0.15, -0.1) is 4.83 Å². The van der Waals surface area contributed by atoms with Crippen LogP contribution in [0.2, 0.25) is 5.02 Å². The number of para-hydroxylation sites is 1. The van der Waals surface area contributed by atoms with E-state index in [-0.39, 0.29) is 22.1 Å². The van der Waals surface area contributed by atoms with Crippen LogP contribution in [-0.4, -0.2) is 20.6 Å². The summed E-state index contributed by atoms with van der Waals surface area (Å²) in [5, 5.41) is 0.0365. The summed E-state index contributed by atoms with van der Waals surface area (Å²) in [6.07, 6.45) is 0.897. The van der Waals surface area contributed by atoms with E-state index in [9.17, 15) is 17.6 Å². The third-order valence-corrected chi connectivity index (χ3v) is 3.36. The molecule has 2 aromatic rings. The highest BCUT2D eigenvalue weighted by Gasteiger charge is 2.15. The Kier molecular flexibility index (Phi) is 5.19. The second kappa shape index (κ2) is 6.95. The summed E-state index contributed by atoms with van der Waals surface area (Å²) >= 11 is 5.88. The minimum atomic E-state index is -3.60. The predicted octanol–water partition coefficient (Wildman–Crippen LogP) is 2.47. The fourth-order valence-electron chi connectivity index (χ4n) is 1.63. The Morgan fingerprint density at radius 1 is 1.17 bits per heavy atom. The van der Waals surface area contributed by atoms with E-state index in [1.165, 1.54) is 18.2 Å². The molecule has 6 nitrogen and oxygen atoms in total. The average molecular weight is 359 g/mol. The first-order valence-corrected chi connectivity index (χ1v) is 8.52. The van der Waals surface area contributed by atoms with Gasteiger partial charge in [0.2, 0.25) is 10.0 Å². The van der Waals surface area contributed by atoms with Crippen LogP contribution in [0.4, 0.5) is 4.39 Å². The molecule has 0 bridgehead atoms. The van der Waals surface area contributed by atoms with Crippen molar-refractivity contribution in [2.24, 2.45) is 0 Å². The molecule has 0 aliphatic rings. The van der Waals surface area contributed by atoms with E-state index >= 15 is 0 Å². The van der Waals surface area contributed by atoms with E-state index in [0.717, 1.165) is 18.4 Å². The van der Waals surface area contributed by atoms with E-state index in [1.54, 1.807) is 12.1 Å². The zero-order chi connectivity index (χ0) is 17.0. The van der Waals surface area contributed by atoms with Gasteiger partial charge in [0.15, 0.2) is 0 Å². The fourth-order valence-corrected chi connectivity index (χ4v) is 2.11. The van der Waals surface area contributed by atoms with Gasteiger partial charge in [-0.05, 0) is 30.3 Å². The molecule has 0 saturated heterocycles. The van der Waals surface area contributed by atoms with Crippen molar-refractivity contribution in [3.8, 4) is 11.5 Å². The molecule has 0 unspecified atom stereocenters. The van der Waals surface area contributed by atoms with Crippen molar-refractivity contribution in [1.82, 2.24) is 10.3 Å². The first-order chi connectivity index (χ1) is 10.8. The molecule has 0 aliphatic heterocycles. The molecule has 0 aromatic heterocycles. The number of nitrogens with one attached hydrogen (secondary N) is 2. The maximum absolute atomic E-state index is 13.0. The maximum atomic E-state index is 13.0. The van der Waals surface area contributed by atoms with Gasteiger partial charge in [0, 0.05) is 0 Å². The number of hydrogen-bond donors (Lipinski definition) is 2. The molecule has 9 heteroatoms. The van der Waals surface area contributed by atoms with Crippen LogP contribution in [0.25, 0.3) is 0 Å². The first kappa shape index (κ1) is 17.2. The van der Waals surface area contributed by atoms with Gasteiger partial charge in [-0.2, -0.15) is 0 Å². The molecule has 0 aliphatic carbocycles. The summed E-state index contributed by atoms with van der Waals surface area (Å²) in [5.74, 6) is -0.951. The summed E-state index contributed by atoms with van der Waals surface area (Å²) < 4.78 is 40.6. The Bertz CT molecular complexity index is 842. The number of ether oxygens (including phenoxy) is 1. The summed E-state index contributed by atoms with van der Waals surface area (Å²) in [4.78, 5) is 13.9. The van der Waals surface area contributed by atoms with Crippen molar-refractivity contribution in [1.29, 1.82) is 0 Å². The SMILES string of the molecule is CS(=O)(=O)NNC(=O)c1ccccc1Oc1ccc(F)cc1Cl. The molecule has 2 aromatic carbocycles. The third kappa shape index (κ3) is 4.92. The number of rotatable bonds is 5. The van der Waals surface area contributed by atoms with Crippen LogP contribution in [0, 0.1) is 5.82 Å². The standard InChI is InChI=1S/C14H12ClFN2O4S/c1-23(20,21)18-17-14(19)10-4-2-3-5-12(10)22-13-7-6-9(16)8-11(13)15/h2-8,18H,1H3,(H,17,19). The fraction of sp³-hybridized carbons (Fsp3) is 0.0714. The molecule has 0 radical (unpaired) electrons. The molecule has 122 valence electrons. The Morgan fingerprint density at radius 2 is 1.87 bits per heavy atom. The highest BCUT2D eigenvalue weighted by molar-refractivity contribution is 7.88. The molecule has 1 amide bonds. The number of hydrogen-bond acceptors (Lipinski definition) is 4. The second-order valence-electron chi connectivity index (χ2n) is 4.50. The molecule has 0 spiro atoms. The van der Waals surface area contributed by atoms with Crippen LogP contribution in [-0.2, 0) is 10.0 Å². The lowest BCUT2D eigenvalue weighted by Gasteiger charge is -2.12. The van der Waals surface area contributed by atoms with Crippen LogP contribution in [0.5, 0.6) is 11.5 Å². The van der Waals surface area contributed by atoms with Gasteiger partial charge in [-0.25, -0.2) is 12.8 Å². The molecule has 0 fully saturated rings. The average Bonchev–Trinajstić information content (AvgIpc) is 2.47. The van der Waals surface area contributed by atoms with Crippen LogP contribution < -0.4 is 15.0 Å². The Hall–Kier alpha value is -2.16. The van der Waals surface area contributed by atoms with Crippen molar-refractivity contribution < 1.29 is 22.3 Å². The zero-order valence-corrected chi connectivity index (χ0v) is 13.4. The van der Waals surface area contributed by atoms with Gasteiger partial charge in [0.25, 0.3) is 5.91 Å². The summed E-state index contributed by atoms with van der Waals surface area (Å²) in [6.45, 7) is 0. The number of benzene rings is 2. The minimum Gasteiger partial charge on any atom is -0.455 e. The topological polar surface area (TPSA) is 84.5 Å². The van der Waals surface area contributed by atoms with E-state index in [2.05, 4.69) is 0 Å². The monoisotopic (exact) mass is 358 g/mol. The number of hydrazine groups is 1. The number of carbonyl (C=O) groups excluding carboxylic acids is 1. The van der Waals surface area contributed by atoms with E-state index in [1.807, 2.05) is 10.3 Å². The lowest BCUT2D eigenvalue weighted by molar-refractivity contribution is 0.0943. The van der Waals surface area contributed by atoms with Gasteiger partial charge in [0.1, 0.15) is 17.3 Å². The molecular weight excluding hydrogens is 347 g/mol. The lowest BCUT2D eigenvalue weighted by atomic mass is 10.2.